The first-order chi connectivity index (χ1) is 8.69. The van der Waals surface area contributed by atoms with Crippen molar-refractivity contribution in [3.63, 3.8) is 0 Å². The largest absolute Gasteiger partial charge is 0.481 e. The molecule has 1 aromatic carbocycles. The van der Waals surface area contributed by atoms with E-state index in [0.717, 1.165) is 18.7 Å². The average molecular weight is 249 g/mol. The molecule has 0 spiro atoms. The minimum atomic E-state index is -0.803. The van der Waals surface area contributed by atoms with Crippen LogP contribution in [0.25, 0.3) is 0 Å². The van der Waals surface area contributed by atoms with Crippen molar-refractivity contribution < 1.29 is 14.6 Å². The second-order valence-corrected chi connectivity index (χ2v) is 4.56. The lowest BCUT2D eigenvalue weighted by atomic mass is 10.1. The Morgan fingerprint density at radius 3 is 2.78 bits per heavy atom. The minimum absolute atomic E-state index is 0.0730. The number of benzene rings is 1. The number of carboxylic acid groups (broad SMARTS) is 1. The summed E-state index contributed by atoms with van der Waals surface area (Å²) in [6.45, 7) is 4.19. The lowest BCUT2D eigenvalue weighted by Crippen LogP contribution is -2.43. The number of anilines is 1. The first-order valence-corrected chi connectivity index (χ1v) is 6.36. The molecule has 4 heteroatoms. The van der Waals surface area contributed by atoms with Crippen LogP contribution in [0, 0.1) is 0 Å². The third-order valence-electron chi connectivity index (χ3n) is 3.25. The summed E-state index contributed by atoms with van der Waals surface area (Å²) in [5.41, 5.74) is 2.46. The first-order valence-electron chi connectivity index (χ1n) is 6.36. The lowest BCUT2D eigenvalue weighted by molar-refractivity contribution is -0.140. The third kappa shape index (κ3) is 3.23. The molecule has 1 atom stereocenters. The summed E-state index contributed by atoms with van der Waals surface area (Å²) in [5.74, 6) is -0.803. The Hall–Kier alpha value is -1.55. The fraction of sp³-hybridized carbons (Fsp3) is 0.500. The number of aryl methyl sites for hydroxylation is 1. The Bertz CT molecular complexity index is 402. The molecule has 2 rings (SSSR count). The zero-order valence-corrected chi connectivity index (χ0v) is 10.6. The zero-order valence-electron chi connectivity index (χ0n) is 10.6. The fourth-order valence-electron chi connectivity index (χ4n) is 2.21. The van der Waals surface area contributed by atoms with E-state index in [-0.39, 0.29) is 12.5 Å². The van der Waals surface area contributed by atoms with Crippen molar-refractivity contribution in [2.45, 2.75) is 25.9 Å². The van der Waals surface area contributed by atoms with Gasteiger partial charge in [-0.15, -0.1) is 0 Å². The van der Waals surface area contributed by atoms with Crippen LogP contribution in [0.4, 0.5) is 5.69 Å². The molecule has 1 unspecified atom stereocenters. The van der Waals surface area contributed by atoms with Gasteiger partial charge in [0.25, 0.3) is 0 Å². The van der Waals surface area contributed by atoms with Crippen LogP contribution in [0.3, 0.4) is 0 Å². The van der Waals surface area contributed by atoms with E-state index in [1.54, 1.807) is 0 Å². The Balaban J connectivity index is 2.01. The van der Waals surface area contributed by atoms with Gasteiger partial charge in [-0.25, -0.2) is 0 Å². The van der Waals surface area contributed by atoms with Crippen LogP contribution in [0.2, 0.25) is 0 Å². The number of rotatable bonds is 4. The molecular weight excluding hydrogens is 230 g/mol. The van der Waals surface area contributed by atoms with Gasteiger partial charge in [0, 0.05) is 18.8 Å². The van der Waals surface area contributed by atoms with E-state index in [2.05, 4.69) is 36.1 Å². The molecule has 1 fully saturated rings. The monoisotopic (exact) mass is 249 g/mol. The molecule has 4 nitrogen and oxygen atoms in total. The molecule has 0 radical (unpaired) electrons. The maximum atomic E-state index is 10.7. The highest BCUT2D eigenvalue weighted by atomic mass is 16.5. The van der Waals surface area contributed by atoms with E-state index in [9.17, 15) is 4.79 Å². The van der Waals surface area contributed by atoms with Crippen LogP contribution in [-0.4, -0.2) is 36.9 Å². The Kier molecular flexibility index (Phi) is 4.20. The number of aliphatic carboxylic acids is 1. The van der Waals surface area contributed by atoms with Crippen molar-refractivity contribution in [1.29, 1.82) is 0 Å². The zero-order chi connectivity index (χ0) is 13.0. The van der Waals surface area contributed by atoms with Crippen molar-refractivity contribution >= 4 is 11.7 Å². The molecule has 0 aromatic heterocycles. The summed E-state index contributed by atoms with van der Waals surface area (Å²) >= 11 is 0. The molecule has 1 saturated heterocycles. The average Bonchev–Trinajstić information content (AvgIpc) is 2.38. The minimum Gasteiger partial charge on any atom is -0.481 e. The molecule has 0 saturated carbocycles. The maximum absolute atomic E-state index is 10.7. The predicted octanol–water partition coefficient (Wildman–Crippen LogP) is 1.93. The highest BCUT2D eigenvalue weighted by molar-refractivity contribution is 5.67. The van der Waals surface area contributed by atoms with Crippen LogP contribution < -0.4 is 4.90 Å². The number of carboxylic acids is 1. The summed E-state index contributed by atoms with van der Waals surface area (Å²) in [7, 11) is 0. The number of hydrogen-bond donors (Lipinski definition) is 1. The van der Waals surface area contributed by atoms with Crippen molar-refractivity contribution in [3.05, 3.63) is 29.8 Å². The van der Waals surface area contributed by atoms with Gasteiger partial charge in [-0.05, 0) is 24.1 Å². The highest BCUT2D eigenvalue weighted by Crippen LogP contribution is 2.19. The number of nitrogens with zero attached hydrogens (tertiary/aromatic N) is 1. The summed E-state index contributed by atoms with van der Waals surface area (Å²) in [5, 5.41) is 8.79. The first kappa shape index (κ1) is 12.9. The van der Waals surface area contributed by atoms with Gasteiger partial charge >= 0.3 is 5.97 Å². The molecule has 0 amide bonds. The fourth-order valence-corrected chi connectivity index (χ4v) is 2.21. The van der Waals surface area contributed by atoms with E-state index in [4.69, 9.17) is 9.84 Å². The molecular formula is C14H19NO3. The molecule has 1 aliphatic rings. The normalized spacial score (nSPS) is 19.8. The van der Waals surface area contributed by atoms with Crippen molar-refractivity contribution in [2.75, 3.05) is 24.6 Å². The number of ether oxygens (including phenoxy) is 1. The summed E-state index contributed by atoms with van der Waals surface area (Å²) in [6.07, 6.45) is 0.899. The lowest BCUT2D eigenvalue weighted by Gasteiger charge is -2.34. The number of carbonyl (C=O) groups is 1. The number of morpholine rings is 1. The Labute approximate surface area is 107 Å². The number of hydrogen-bond acceptors (Lipinski definition) is 3. The van der Waals surface area contributed by atoms with Gasteiger partial charge in [0.2, 0.25) is 0 Å². The molecule has 1 heterocycles. The van der Waals surface area contributed by atoms with Crippen molar-refractivity contribution in [2.24, 2.45) is 0 Å². The predicted molar refractivity (Wildman–Crippen MR) is 70.0 cm³/mol. The van der Waals surface area contributed by atoms with Gasteiger partial charge in [-0.2, -0.15) is 0 Å². The van der Waals surface area contributed by atoms with E-state index in [0.29, 0.717) is 13.2 Å². The molecule has 1 aromatic rings. The van der Waals surface area contributed by atoms with Gasteiger partial charge in [0.05, 0.1) is 19.1 Å². The topological polar surface area (TPSA) is 49.8 Å². The van der Waals surface area contributed by atoms with Crippen LogP contribution in [-0.2, 0) is 16.0 Å². The maximum Gasteiger partial charge on any atom is 0.306 e. The van der Waals surface area contributed by atoms with E-state index >= 15 is 0 Å². The van der Waals surface area contributed by atoms with Crippen LogP contribution >= 0.6 is 0 Å². The molecule has 1 N–H and O–H groups in total. The standard InChI is InChI=1S/C14H19NO3/c1-2-11-3-5-12(6-4-11)15-7-8-18-13(10-15)9-14(16)17/h3-6,13H,2,7-10H2,1H3,(H,16,17). The van der Waals surface area contributed by atoms with Crippen LogP contribution in [0.5, 0.6) is 0 Å². The highest BCUT2D eigenvalue weighted by Gasteiger charge is 2.22. The van der Waals surface area contributed by atoms with Gasteiger partial charge in [-0.1, -0.05) is 19.1 Å². The van der Waals surface area contributed by atoms with Crippen molar-refractivity contribution in [3.8, 4) is 0 Å². The second kappa shape index (κ2) is 5.87. The molecule has 1 aliphatic heterocycles. The Morgan fingerprint density at radius 1 is 1.44 bits per heavy atom. The van der Waals surface area contributed by atoms with Gasteiger partial charge in [-0.3, -0.25) is 4.79 Å². The smallest absolute Gasteiger partial charge is 0.306 e. The quantitative estimate of drug-likeness (QED) is 0.885. The van der Waals surface area contributed by atoms with E-state index in [1.165, 1.54) is 5.56 Å². The molecule has 98 valence electrons. The second-order valence-electron chi connectivity index (χ2n) is 4.56. The molecule has 18 heavy (non-hydrogen) atoms. The van der Waals surface area contributed by atoms with Gasteiger partial charge in [0.15, 0.2) is 0 Å². The van der Waals surface area contributed by atoms with Crippen molar-refractivity contribution in [1.82, 2.24) is 0 Å². The summed E-state index contributed by atoms with van der Waals surface area (Å²) in [6, 6.07) is 8.44. The van der Waals surface area contributed by atoms with Gasteiger partial charge in [0.1, 0.15) is 0 Å². The van der Waals surface area contributed by atoms with E-state index < -0.39 is 5.97 Å². The van der Waals surface area contributed by atoms with E-state index in [1.807, 2.05) is 0 Å². The summed E-state index contributed by atoms with van der Waals surface area (Å²) < 4.78 is 5.46. The van der Waals surface area contributed by atoms with Crippen LogP contribution in [0.1, 0.15) is 18.9 Å². The third-order valence-corrected chi connectivity index (χ3v) is 3.25. The molecule has 0 aliphatic carbocycles. The van der Waals surface area contributed by atoms with Gasteiger partial charge < -0.3 is 14.7 Å². The summed E-state index contributed by atoms with van der Waals surface area (Å²) in [4.78, 5) is 12.9. The molecule has 0 bridgehead atoms. The SMILES string of the molecule is CCc1ccc(N2CCOC(CC(=O)O)C2)cc1. The van der Waals surface area contributed by atoms with Crippen LogP contribution in [0.15, 0.2) is 24.3 Å². The Morgan fingerprint density at radius 2 is 2.17 bits per heavy atom.